The number of aromatic nitrogens is 2. The van der Waals surface area contributed by atoms with Gasteiger partial charge in [0.15, 0.2) is 0 Å². The number of nitrogens with zero attached hydrogens (tertiary/aromatic N) is 3. The van der Waals surface area contributed by atoms with Crippen molar-refractivity contribution in [3.8, 4) is 0 Å². The number of nitrogens with one attached hydrogen (secondary N) is 2. The van der Waals surface area contributed by atoms with E-state index in [0.29, 0.717) is 30.1 Å². The lowest BCUT2D eigenvalue weighted by Crippen LogP contribution is -2.15. The van der Waals surface area contributed by atoms with Crippen LogP contribution in [0.5, 0.6) is 0 Å². The number of rotatable bonds is 9. The SMILES string of the molecule is CNCCON=C(c1ccccc1)c1cccc(NC(=O)c2ccn3c2CSC3c2cccnc2)c1.Cl. The number of pyridine rings is 1. The first kappa shape index (κ1) is 26.5. The molecule has 2 aromatic carbocycles. The lowest BCUT2D eigenvalue weighted by molar-refractivity contribution is 0.102. The zero-order valence-electron chi connectivity index (χ0n) is 20.3. The summed E-state index contributed by atoms with van der Waals surface area (Å²) in [5.74, 6) is 0.640. The van der Waals surface area contributed by atoms with Gasteiger partial charge >= 0.3 is 0 Å². The highest BCUT2D eigenvalue weighted by Crippen LogP contribution is 2.41. The molecule has 5 rings (SSSR count). The monoisotopic (exact) mass is 533 g/mol. The molecule has 0 aliphatic carbocycles. The van der Waals surface area contributed by atoms with Gasteiger partial charge in [0.25, 0.3) is 5.91 Å². The van der Waals surface area contributed by atoms with E-state index >= 15 is 0 Å². The first-order valence-electron chi connectivity index (χ1n) is 11.8. The molecule has 37 heavy (non-hydrogen) atoms. The number of oxime groups is 1. The number of halogens is 1. The summed E-state index contributed by atoms with van der Waals surface area (Å²) < 4.78 is 2.16. The van der Waals surface area contributed by atoms with Crippen molar-refractivity contribution in [2.75, 3.05) is 25.5 Å². The highest BCUT2D eigenvalue weighted by Gasteiger charge is 2.28. The molecule has 0 saturated heterocycles. The highest BCUT2D eigenvalue weighted by atomic mass is 35.5. The van der Waals surface area contributed by atoms with Gasteiger partial charge in [-0.15, -0.1) is 24.2 Å². The fourth-order valence-electron chi connectivity index (χ4n) is 4.14. The second kappa shape index (κ2) is 12.6. The minimum Gasteiger partial charge on any atom is -0.394 e. The number of carbonyl (C=O) groups excluding carboxylic acids is 1. The van der Waals surface area contributed by atoms with Crippen LogP contribution in [0.25, 0.3) is 0 Å². The van der Waals surface area contributed by atoms with Gasteiger partial charge in [0, 0.05) is 59.0 Å². The zero-order valence-corrected chi connectivity index (χ0v) is 22.0. The number of hydrogen-bond acceptors (Lipinski definition) is 6. The van der Waals surface area contributed by atoms with Crippen LogP contribution in [0.1, 0.15) is 38.1 Å². The van der Waals surface area contributed by atoms with Crippen molar-refractivity contribution in [2.45, 2.75) is 11.1 Å². The molecular weight excluding hydrogens is 506 g/mol. The largest absolute Gasteiger partial charge is 0.394 e. The van der Waals surface area contributed by atoms with Crippen LogP contribution in [-0.4, -0.2) is 41.4 Å². The normalized spacial score (nSPS) is 14.5. The Balaban J connectivity index is 0.00000320. The van der Waals surface area contributed by atoms with Crippen LogP contribution < -0.4 is 10.6 Å². The Bertz CT molecular complexity index is 1360. The van der Waals surface area contributed by atoms with E-state index in [4.69, 9.17) is 4.84 Å². The minimum atomic E-state index is -0.128. The van der Waals surface area contributed by atoms with Crippen LogP contribution in [-0.2, 0) is 10.6 Å². The van der Waals surface area contributed by atoms with Crippen LogP contribution in [0, 0.1) is 0 Å². The lowest BCUT2D eigenvalue weighted by Gasteiger charge is -2.12. The third-order valence-corrected chi connectivity index (χ3v) is 7.16. The van der Waals surface area contributed by atoms with Gasteiger partial charge in [-0.25, -0.2) is 0 Å². The molecule has 2 aromatic heterocycles. The maximum atomic E-state index is 13.3. The minimum absolute atomic E-state index is 0. The molecule has 7 nitrogen and oxygen atoms in total. The van der Waals surface area contributed by atoms with E-state index in [9.17, 15) is 4.79 Å². The molecular formula is C28H28ClN5O2S. The smallest absolute Gasteiger partial charge is 0.257 e. The summed E-state index contributed by atoms with van der Waals surface area (Å²) in [7, 11) is 1.87. The molecule has 1 unspecified atom stereocenters. The summed E-state index contributed by atoms with van der Waals surface area (Å²) >= 11 is 1.79. The van der Waals surface area contributed by atoms with Crippen LogP contribution in [0.15, 0.2) is 96.5 Å². The van der Waals surface area contributed by atoms with Crippen molar-refractivity contribution >= 4 is 41.5 Å². The number of amides is 1. The van der Waals surface area contributed by atoms with E-state index in [-0.39, 0.29) is 23.7 Å². The Labute approximate surface area is 226 Å². The Kier molecular flexibility index (Phi) is 9.00. The average molecular weight is 534 g/mol. The average Bonchev–Trinajstić information content (AvgIpc) is 3.52. The zero-order chi connectivity index (χ0) is 24.7. The summed E-state index contributed by atoms with van der Waals surface area (Å²) in [6.07, 6.45) is 5.64. The van der Waals surface area contributed by atoms with Crippen LogP contribution in [0.3, 0.4) is 0 Å². The summed E-state index contributed by atoms with van der Waals surface area (Å²) in [6.45, 7) is 1.16. The summed E-state index contributed by atoms with van der Waals surface area (Å²) in [5.41, 5.74) is 6.04. The number of benzene rings is 2. The molecule has 1 amide bonds. The van der Waals surface area contributed by atoms with E-state index in [0.717, 1.165) is 28.1 Å². The number of likely N-dealkylation sites (N-methyl/N-ethyl adjacent to an activating group) is 1. The van der Waals surface area contributed by atoms with Crippen molar-refractivity contribution < 1.29 is 9.63 Å². The molecule has 0 fully saturated rings. The van der Waals surface area contributed by atoms with Crippen molar-refractivity contribution in [2.24, 2.45) is 5.16 Å². The second-order valence-electron chi connectivity index (χ2n) is 8.31. The molecule has 190 valence electrons. The predicted molar refractivity (Wildman–Crippen MR) is 152 cm³/mol. The quantitative estimate of drug-likeness (QED) is 0.172. The maximum absolute atomic E-state index is 13.3. The molecule has 1 atom stereocenters. The molecule has 4 aromatic rings. The molecule has 1 aliphatic rings. The predicted octanol–water partition coefficient (Wildman–Crippen LogP) is 5.34. The summed E-state index contributed by atoms with van der Waals surface area (Å²) in [4.78, 5) is 23.1. The third kappa shape index (κ3) is 6.05. The molecule has 9 heteroatoms. The highest BCUT2D eigenvalue weighted by molar-refractivity contribution is 7.99. The maximum Gasteiger partial charge on any atom is 0.257 e. The Hall–Kier alpha value is -3.59. The molecule has 2 N–H and O–H groups in total. The molecule has 3 heterocycles. The van der Waals surface area contributed by atoms with E-state index < -0.39 is 0 Å². The lowest BCUT2D eigenvalue weighted by atomic mass is 10.0. The molecule has 0 bridgehead atoms. The van der Waals surface area contributed by atoms with Gasteiger partial charge < -0.3 is 20.0 Å². The standard InChI is InChI=1S/C28H27N5O2S.ClH/c1-29-14-16-35-32-26(20-7-3-2-4-8-20)21-9-5-11-23(17-21)31-27(34)24-12-15-33-25(24)19-36-28(33)22-10-6-13-30-18-22;/h2-13,15,17-18,28-29H,14,16,19H2,1H3,(H,31,34);1H. The molecule has 0 radical (unpaired) electrons. The fraction of sp³-hybridized carbons (Fsp3) is 0.179. The number of thioether (sulfide) groups is 1. The number of fused-ring (bicyclic) bond motifs is 1. The van der Waals surface area contributed by atoms with Crippen LogP contribution >= 0.6 is 24.2 Å². The van der Waals surface area contributed by atoms with Gasteiger partial charge in [0.2, 0.25) is 0 Å². The number of hydrogen-bond donors (Lipinski definition) is 2. The molecule has 0 spiro atoms. The van der Waals surface area contributed by atoms with E-state index in [1.165, 1.54) is 0 Å². The third-order valence-electron chi connectivity index (χ3n) is 5.91. The summed E-state index contributed by atoms with van der Waals surface area (Å²) in [5, 5.41) is 10.7. The Morgan fingerprint density at radius 3 is 2.73 bits per heavy atom. The summed E-state index contributed by atoms with van der Waals surface area (Å²) in [6, 6.07) is 23.5. The van der Waals surface area contributed by atoms with E-state index in [2.05, 4.69) is 31.4 Å². The Morgan fingerprint density at radius 2 is 1.95 bits per heavy atom. The van der Waals surface area contributed by atoms with Gasteiger partial charge in [-0.05, 0) is 31.3 Å². The van der Waals surface area contributed by atoms with Gasteiger partial charge in [-0.2, -0.15) is 0 Å². The number of carbonyl (C=O) groups is 1. The van der Waals surface area contributed by atoms with Crippen molar-refractivity contribution in [3.63, 3.8) is 0 Å². The second-order valence-corrected chi connectivity index (χ2v) is 9.38. The molecule has 1 aliphatic heterocycles. The van der Waals surface area contributed by atoms with Crippen molar-refractivity contribution in [1.82, 2.24) is 14.9 Å². The first-order valence-corrected chi connectivity index (χ1v) is 12.8. The fourth-order valence-corrected chi connectivity index (χ4v) is 5.45. The van der Waals surface area contributed by atoms with Crippen molar-refractivity contribution in [3.05, 3.63) is 119 Å². The van der Waals surface area contributed by atoms with Crippen LogP contribution in [0.2, 0.25) is 0 Å². The van der Waals surface area contributed by atoms with Crippen LogP contribution in [0.4, 0.5) is 5.69 Å². The van der Waals surface area contributed by atoms with Gasteiger partial charge in [-0.3, -0.25) is 9.78 Å². The topological polar surface area (TPSA) is 80.5 Å². The van der Waals surface area contributed by atoms with Gasteiger partial charge in [0.05, 0.1) is 5.56 Å². The van der Waals surface area contributed by atoms with Gasteiger partial charge in [-0.1, -0.05) is 53.7 Å². The first-order chi connectivity index (χ1) is 17.7. The van der Waals surface area contributed by atoms with Crippen molar-refractivity contribution in [1.29, 1.82) is 0 Å². The molecule has 0 saturated carbocycles. The van der Waals surface area contributed by atoms with E-state index in [1.54, 1.807) is 18.0 Å². The number of anilines is 1. The van der Waals surface area contributed by atoms with Gasteiger partial charge in [0.1, 0.15) is 17.7 Å². The Morgan fingerprint density at radius 1 is 1.11 bits per heavy atom. The van der Waals surface area contributed by atoms with E-state index in [1.807, 2.05) is 86.2 Å².